The number of carbonyl (C=O) groups excluding carboxylic acids is 1. The van der Waals surface area contributed by atoms with Gasteiger partial charge in [-0.15, -0.1) is 11.3 Å². The van der Waals surface area contributed by atoms with Crippen molar-refractivity contribution >= 4 is 17.2 Å². The van der Waals surface area contributed by atoms with E-state index >= 15 is 0 Å². The van der Waals surface area contributed by atoms with Gasteiger partial charge < -0.3 is 11.1 Å². The van der Waals surface area contributed by atoms with Crippen LogP contribution in [0.5, 0.6) is 0 Å². The summed E-state index contributed by atoms with van der Waals surface area (Å²) in [5.41, 5.74) is 7.16. The molecular formula is C14H22N2OS. The van der Waals surface area contributed by atoms with E-state index in [2.05, 4.69) is 11.4 Å². The van der Waals surface area contributed by atoms with Gasteiger partial charge in [-0.2, -0.15) is 0 Å². The molecule has 1 heterocycles. The number of carbonyl (C=O) groups is 1. The molecule has 2 rings (SSSR count). The first-order chi connectivity index (χ1) is 8.65. The summed E-state index contributed by atoms with van der Waals surface area (Å²) in [6, 6.07) is 2.45. The van der Waals surface area contributed by atoms with Gasteiger partial charge in [0, 0.05) is 22.2 Å². The molecule has 1 atom stereocenters. The third kappa shape index (κ3) is 3.82. The predicted molar refractivity (Wildman–Crippen MR) is 75.7 cm³/mol. The van der Waals surface area contributed by atoms with Crippen LogP contribution in [0.4, 0.5) is 0 Å². The SMILES string of the molecule is CC(N)CCCC(=O)NCc1cc2c(s1)CCC2. The molecule has 1 amide bonds. The minimum Gasteiger partial charge on any atom is -0.351 e. The molecule has 1 aliphatic carbocycles. The van der Waals surface area contributed by atoms with Crippen molar-refractivity contribution in [3.05, 3.63) is 21.4 Å². The third-order valence-electron chi connectivity index (χ3n) is 3.32. The maximum Gasteiger partial charge on any atom is 0.220 e. The van der Waals surface area contributed by atoms with Crippen LogP contribution in [-0.2, 0) is 24.2 Å². The van der Waals surface area contributed by atoms with E-state index in [0.717, 1.165) is 12.8 Å². The Morgan fingerprint density at radius 2 is 2.39 bits per heavy atom. The standard InChI is InChI=1S/C14H22N2OS/c1-10(15)4-2-7-14(17)16-9-12-8-11-5-3-6-13(11)18-12/h8,10H,2-7,9,15H2,1H3,(H,16,17). The van der Waals surface area contributed by atoms with Gasteiger partial charge in [-0.05, 0) is 50.7 Å². The molecule has 0 aliphatic heterocycles. The van der Waals surface area contributed by atoms with Crippen molar-refractivity contribution in [3.63, 3.8) is 0 Å². The van der Waals surface area contributed by atoms with Gasteiger partial charge in [-0.25, -0.2) is 0 Å². The highest BCUT2D eigenvalue weighted by Gasteiger charge is 2.14. The Morgan fingerprint density at radius 1 is 1.56 bits per heavy atom. The molecule has 1 aliphatic rings. The van der Waals surface area contributed by atoms with E-state index in [4.69, 9.17) is 5.73 Å². The summed E-state index contributed by atoms with van der Waals surface area (Å²) in [5, 5.41) is 2.99. The van der Waals surface area contributed by atoms with E-state index in [-0.39, 0.29) is 11.9 Å². The van der Waals surface area contributed by atoms with Crippen LogP contribution in [0, 0.1) is 0 Å². The molecule has 3 nitrogen and oxygen atoms in total. The molecule has 0 saturated carbocycles. The van der Waals surface area contributed by atoms with Crippen molar-refractivity contribution in [2.24, 2.45) is 5.73 Å². The van der Waals surface area contributed by atoms with Gasteiger partial charge in [0.2, 0.25) is 5.91 Å². The van der Waals surface area contributed by atoms with Gasteiger partial charge in [0.1, 0.15) is 0 Å². The van der Waals surface area contributed by atoms with Crippen LogP contribution in [0.3, 0.4) is 0 Å². The maximum absolute atomic E-state index is 11.6. The molecule has 0 saturated heterocycles. The zero-order valence-corrected chi connectivity index (χ0v) is 11.8. The maximum atomic E-state index is 11.6. The van der Waals surface area contributed by atoms with Crippen molar-refractivity contribution in [1.29, 1.82) is 0 Å². The van der Waals surface area contributed by atoms with E-state index in [9.17, 15) is 4.79 Å². The van der Waals surface area contributed by atoms with Gasteiger partial charge in [0.15, 0.2) is 0 Å². The average molecular weight is 266 g/mol. The molecule has 0 spiro atoms. The highest BCUT2D eigenvalue weighted by molar-refractivity contribution is 7.12. The van der Waals surface area contributed by atoms with Gasteiger partial charge in [-0.1, -0.05) is 0 Å². The van der Waals surface area contributed by atoms with Crippen molar-refractivity contribution in [1.82, 2.24) is 5.32 Å². The number of aryl methyl sites for hydroxylation is 2. The summed E-state index contributed by atoms with van der Waals surface area (Å²) < 4.78 is 0. The molecule has 1 aromatic rings. The number of nitrogens with one attached hydrogen (secondary N) is 1. The van der Waals surface area contributed by atoms with Crippen LogP contribution in [0.2, 0.25) is 0 Å². The van der Waals surface area contributed by atoms with Crippen molar-refractivity contribution in [2.45, 2.75) is 58.0 Å². The molecular weight excluding hydrogens is 244 g/mol. The molecule has 100 valence electrons. The second-order valence-electron chi connectivity index (χ2n) is 5.16. The van der Waals surface area contributed by atoms with Gasteiger partial charge in [0.05, 0.1) is 6.54 Å². The second kappa shape index (κ2) is 6.34. The normalized spacial score (nSPS) is 15.4. The molecule has 1 aromatic heterocycles. The first-order valence-electron chi connectivity index (χ1n) is 6.78. The highest BCUT2D eigenvalue weighted by atomic mass is 32.1. The number of rotatable bonds is 6. The summed E-state index contributed by atoms with van der Waals surface area (Å²) in [7, 11) is 0. The summed E-state index contributed by atoms with van der Waals surface area (Å²) >= 11 is 1.86. The molecule has 0 radical (unpaired) electrons. The van der Waals surface area contributed by atoms with E-state index in [1.54, 1.807) is 0 Å². The van der Waals surface area contributed by atoms with E-state index in [1.807, 2.05) is 18.3 Å². The van der Waals surface area contributed by atoms with Crippen molar-refractivity contribution < 1.29 is 4.79 Å². The Bertz CT molecular complexity index is 390. The second-order valence-corrected chi connectivity index (χ2v) is 6.38. The van der Waals surface area contributed by atoms with Crippen LogP contribution >= 0.6 is 11.3 Å². The summed E-state index contributed by atoms with van der Waals surface area (Å²) in [6.07, 6.45) is 6.12. The Hall–Kier alpha value is -0.870. The first-order valence-corrected chi connectivity index (χ1v) is 7.59. The molecule has 3 N–H and O–H groups in total. The fourth-order valence-corrected chi connectivity index (χ4v) is 3.54. The van der Waals surface area contributed by atoms with Crippen LogP contribution in [0.25, 0.3) is 0 Å². The molecule has 0 fully saturated rings. The Labute approximate surface area is 113 Å². The van der Waals surface area contributed by atoms with Gasteiger partial charge in [-0.3, -0.25) is 4.79 Å². The molecule has 0 aromatic carbocycles. The topological polar surface area (TPSA) is 55.1 Å². The number of hydrogen-bond acceptors (Lipinski definition) is 3. The van der Waals surface area contributed by atoms with E-state index < -0.39 is 0 Å². The lowest BCUT2D eigenvalue weighted by Gasteiger charge is -2.05. The van der Waals surface area contributed by atoms with Crippen molar-refractivity contribution in [2.75, 3.05) is 0 Å². The van der Waals surface area contributed by atoms with E-state index in [1.165, 1.54) is 34.6 Å². The van der Waals surface area contributed by atoms with Crippen molar-refractivity contribution in [3.8, 4) is 0 Å². The number of amides is 1. The fourth-order valence-electron chi connectivity index (χ4n) is 2.34. The number of thiophene rings is 1. The largest absolute Gasteiger partial charge is 0.351 e. The molecule has 4 heteroatoms. The van der Waals surface area contributed by atoms with Crippen LogP contribution in [0.1, 0.15) is 47.9 Å². The molecule has 1 unspecified atom stereocenters. The lowest BCUT2D eigenvalue weighted by Crippen LogP contribution is -2.23. The summed E-state index contributed by atoms with van der Waals surface area (Å²) in [6.45, 7) is 2.67. The monoisotopic (exact) mass is 266 g/mol. The minimum absolute atomic E-state index is 0.143. The van der Waals surface area contributed by atoms with Crippen LogP contribution in [-0.4, -0.2) is 11.9 Å². The molecule has 0 bridgehead atoms. The Morgan fingerprint density at radius 3 is 3.11 bits per heavy atom. The summed E-state index contributed by atoms with van der Waals surface area (Å²) in [5.74, 6) is 0.143. The lowest BCUT2D eigenvalue weighted by atomic mass is 10.1. The van der Waals surface area contributed by atoms with Crippen LogP contribution in [0.15, 0.2) is 6.07 Å². The lowest BCUT2D eigenvalue weighted by molar-refractivity contribution is -0.121. The number of nitrogens with two attached hydrogens (primary N) is 1. The quantitative estimate of drug-likeness (QED) is 0.830. The zero-order valence-electron chi connectivity index (χ0n) is 11.0. The first kappa shape index (κ1) is 13.6. The smallest absolute Gasteiger partial charge is 0.220 e. The van der Waals surface area contributed by atoms with Gasteiger partial charge in [0.25, 0.3) is 0 Å². The minimum atomic E-state index is 0.143. The third-order valence-corrected chi connectivity index (χ3v) is 4.56. The van der Waals surface area contributed by atoms with Crippen LogP contribution < -0.4 is 11.1 Å². The van der Waals surface area contributed by atoms with Gasteiger partial charge >= 0.3 is 0 Å². The zero-order chi connectivity index (χ0) is 13.0. The number of hydrogen-bond donors (Lipinski definition) is 2. The number of fused-ring (bicyclic) bond motifs is 1. The predicted octanol–water partition coefficient (Wildman–Crippen LogP) is 2.37. The highest BCUT2D eigenvalue weighted by Crippen LogP contribution is 2.30. The fraction of sp³-hybridized carbons (Fsp3) is 0.643. The molecule has 18 heavy (non-hydrogen) atoms. The average Bonchev–Trinajstić information content (AvgIpc) is 2.85. The van der Waals surface area contributed by atoms with E-state index in [0.29, 0.717) is 13.0 Å². The summed E-state index contributed by atoms with van der Waals surface area (Å²) in [4.78, 5) is 14.4. The Kier molecular flexibility index (Phi) is 4.78. The Balaban J connectivity index is 1.69.